The molecule has 2 N–H and O–H groups in total. The summed E-state index contributed by atoms with van der Waals surface area (Å²) in [7, 11) is -4.33. The van der Waals surface area contributed by atoms with Gasteiger partial charge >= 0.3 is 0 Å². The van der Waals surface area contributed by atoms with Gasteiger partial charge in [-0.3, -0.25) is 4.55 Å². The molecule has 16 heteroatoms. The van der Waals surface area contributed by atoms with Crippen LogP contribution in [0.5, 0.6) is 5.75 Å². The molecule has 0 atom stereocenters. The van der Waals surface area contributed by atoms with Crippen LogP contribution in [0.4, 0.5) is 11.4 Å². The maximum Gasteiger partial charge on any atom is 0.294 e. The molecule has 3 aromatic carbocycles. The number of aromatic nitrogens is 3. The lowest BCUT2D eigenvalue weighted by atomic mass is 10.1. The molecule has 1 heterocycles. The molecule has 0 fully saturated rings. The standard InChI is InChI=1S/C21H15Cl2N5O7S2/c22-20-24-18(25-21(23)26-20)9-10-33-17-8-1-12-11-14(36-35-34-29)4-7-16(12)19(17)28-27-13-2-5-15(6-3-13)37(30,31)32/h1-8,11,29H,9-10H2,(H,30,31,32). The number of ether oxygens (including phenoxy) is 1. The van der Waals surface area contributed by atoms with E-state index in [0.717, 1.165) is 17.4 Å². The molecule has 12 nitrogen and oxygen atoms in total. The van der Waals surface area contributed by atoms with Gasteiger partial charge in [-0.05, 0) is 71.1 Å². The molecule has 37 heavy (non-hydrogen) atoms. The summed E-state index contributed by atoms with van der Waals surface area (Å²) in [6, 6.07) is 14.0. The Kier molecular flexibility index (Phi) is 8.83. The average Bonchev–Trinajstić information content (AvgIpc) is 2.85. The third kappa shape index (κ3) is 7.30. The molecule has 0 spiro atoms. The van der Waals surface area contributed by atoms with Crippen LogP contribution < -0.4 is 4.74 Å². The maximum atomic E-state index is 11.3. The Morgan fingerprint density at radius 2 is 1.68 bits per heavy atom. The van der Waals surface area contributed by atoms with E-state index in [2.05, 4.69) is 34.6 Å². The SMILES string of the molecule is O=S(=O)(O)c1ccc(N=Nc2c(OCCc3nc(Cl)nc(Cl)n3)ccc3cc(SOOO)ccc23)cc1. The predicted octanol–water partition coefficient (Wildman–Crippen LogP) is 6.04. The van der Waals surface area contributed by atoms with Crippen LogP contribution >= 0.6 is 35.2 Å². The normalized spacial score (nSPS) is 11.9. The van der Waals surface area contributed by atoms with Gasteiger partial charge in [-0.2, -0.15) is 18.5 Å². The number of rotatable bonds is 10. The Hall–Kier alpha value is -2.95. The molecule has 0 amide bonds. The van der Waals surface area contributed by atoms with Crippen molar-refractivity contribution < 1.29 is 32.3 Å². The predicted molar refractivity (Wildman–Crippen MR) is 134 cm³/mol. The summed E-state index contributed by atoms with van der Waals surface area (Å²) >= 11 is 12.4. The van der Waals surface area contributed by atoms with E-state index in [1.165, 1.54) is 24.3 Å². The van der Waals surface area contributed by atoms with Gasteiger partial charge in [0.25, 0.3) is 10.1 Å². The van der Waals surface area contributed by atoms with Crippen molar-refractivity contribution in [2.24, 2.45) is 10.2 Å². The Morgan fingerprint density at radius 3 is 2.35 bits per heavy atom. The van der Waals surface area contributed by atoms with E-state index in [9.17, 15) is 8.42 Å². The van der Waals surface area contributed by atoms with Gasteiger partial charge in [-0.1, -0.05) is 17.2 Å². The highest BCUT2D eigenvalue weighted by molar-refractivity contribution is 7.94. The molecule has 0 radical (unpaired) electrons. The van der Waals surface area contributed by atoms with Crippen molar-refractivity contribution in [2.45, 2.75) is 16.2 Å². The first kappa shape index (κ1) is 27.1. The van der Waals surface area contributed by atoms with E-state index in [1.807, 2.05) is 0 Å². The maximum absolute atomic E-state index is 11.3. The van der Waals surface area contributed by atoms with Gasteiger partial charge in [-0.25, -0.2) is 15.2 Å². The molecule has 0 unspecified atom stereocenters. The second-order valence-corrected chi connectivity index (χ2v) is 9.95. The summed E-state index contributed by atoms with van der Waals surface area (Å²) < 4.78 is 42.1. The van der Waals surface area contributed by atoms with Crippen LogP contribution in [-0.2, 0) is 25.9 Å². The van der Waals surface area contributed by atoms with Gasteiger partial charge in [0.2, 0.25) is 10.6 Å². The third-order valence-electron chi connectivity index (χ3n) is 4.70. The van der Waals surface area contributed by atoms with Crippen molar-refractivity contribution in [1.29, 1.82) is 0 Å². The van der Waals surface area contributed by atoms with Crippen LogP contribution in [0.1, 0.15) is 5.82 Å². The van der Waals surface area contributed by atoms with Gasteiger partial charge in [0.05, 0.1) is 29.2 Å². The highest BCUT2D eigenvalue weighted by Crippen LogP contribution is 2.39. The zero-order chi connectivity index (χ0) is 26.4. The minimum atomic E-state index is -4.33. The molecule has 0 bridgehead atoms. The molecular weight excluding hydrogens is 569 g/mol. The van der Waals surface area contributed by atoms with Gasteiger partial charge in [0.1, 0.15) is 17.3 Å². The number of hydrogen-bond acceptors (Lipinski definition) is 12. The Morgan fingerprint density at radius 1 is 0.946 bits per heavy atom. The quantitative estimate of drug-likeness (QED) is 0.0733. The fourth-order valence-corrected chi connectivity index (χ4v) is 4.40. The molecule has 4 aromatic rings. The Balaban J connectivity index is 1.64. The van der Waals surface area contributed by atoms with E-state index >= 15 is 0 Å². The summed E-state index contributed by atoms with van der Waals surface area (Å²) in [4.78, 5) is 12.1. The molecule has 0 saturated heterocycles. The molecule has 4 rings (SSSR count). The minimum Gasteiger partial charge on any atom is -0.491 e. The molecule has 0 aliphatic heterocycles. The molecule has 0 aliphatic rings. The van der Waals surface area contributed by atoms with Crippen molar-refractivity contribution in [3.05, 3.63) is 71.0 Å². The van der Waals surface area contributed by atoms with Crippen LogP contribution in [0.25, 0.3) is 10.8 Å². The van der Waals surface area contributed by atoms with Gasteiger partial charge in [0.15, 0.2) is 0 Å². The van der Waals surface area contributed by atoms with Crippen LogP contribution in [0.2, 0.25) is 10.6 Å². The highest BCUT2D eigenvalue weighted by Gasteiger charge is 2.13. The van der Waals surface area contributed by atoms with Crippen LogP contribution in [0.15, 0.2) is 74.6 Å². The summed E-state index contributed by atoms with van der Waals surface area (Å²) in [6.07, 6.45) is 0.280. The first-order valence-electron chi connectivity index (χ1n) is 10.1. The fourth-order valence-electron chi connectivity index (χ4n) is 3.12. The summed E-state index contributed by atoms with van der Waals surface area (Å²) in [6.45, 7) is 0.156. The van der Waals surface area contributed by atoms with Crippen molar-refractivity contribution >= 4 is 67.5 Å². The second-order valence-electron chi connectivity index (χ2n) is 7.08. The van der Waals surface area contributed by atoms with Crippen LogP contribution in [0.3, 0.4) is 0 Å². The first-order chi connectivity index (χ1) is 17.7. The Labute approximate surface area is 224 Å². The molecule has 0 saturated carbocycles. The van der Waals surface area contributed by atoms with E-state index in [0.29, 0.717) is 33.2 Å². The molecule has 1 aromatic heterocycles. The summed E-state index contributed by atoms with van der Waals surface area (Å²) in [5.41, 5.74) is 0.726. The van der Waals surface area contributed by atoms with E-state index in [1.54, 1.807) is 30.3 Å². The second kappa shape index (κ2) is 12.1. The van der Waals surface area contributed by atoms with Gasteiger partial charge < -0.3 is 4.74 Å². The minimum absolute atomic E-state index is 0.0283. The smallest absolute Gasteiger partial charge is 0.294 e. The molecule has 0 aliphatic carbocycles. The van der Waals surface area contributed by atoms with Crippen molar-refractivity contribution in [3.63, 3.8) is 0 Å². The summed E-state index contributed by atoms with van der Waals surface area (Å²) in [5, 5.41) is 21.9. The number of hydrogen-bond donors (Lipinski definition) is 2. The van der Waals surface area contributed by atoms with Crippen molar-refractivity contribution in [3.8, 4) is 5.75 Å². The van der Waals surface area contributed by atoms with Crippen molar-refractivity contribution in [2.75, 3.05) is 6.61 Å². The summed E-state index contributed by atoms with van der Waals surface area (Å²) in [5.74, 6) is 0.744. The van der Waals surface area contributed by atoms with Crippen molar-refractivity contribution in [1.82, 2.24) is 15.0 Å². The lowest BCUT2D eigenvalue weighted by molar-refractivity contribution is -0.432. The lowest BCUT2D eigenvalue weighted by Crippen LogP contribution is -2.06. The van der Waals surface area contributed by atoms with Gasteiger partial charge in [0, 0.05) is 16.7 Å². The highest BCUT2D eigenvalue weighted by atomic mass is 35.5. The van der Waals surface area contributed by atoms with E-state index in [-0.39, 0.29) is 28.5 Å². The van der Waals surface area contributed by atoms with Crippen LogP contribution in [-0.4, -0.2) is 39.8 Å². The van der Waals surface area contributed by atoms with E-state index in [4.69, 9.17) is 37.7 Å². The lowest BCUT2D eigenvalue weighted by Gasteiger charge is -2.11. The molecule has 192 valence electrons. The Bertz CT molecular complexity index is 1540. The first-order valence-corrected chi connectivity index (χ1v) is 13.1. The zero-order valence-electron chi connectivity index (χ0n) is 18.4. The number of azo groups is 1. The average molecular weight is 584 g/mol. The zero-order valence-corrected chi connectivity index (χ0v) is 21.5. The number of halogens is 2. The topological polar surface area (TPSA) is 166 Å². The molecular formula is C21H15Cl2N5O7S2. The van der Waals surface area contributed by atoms with E-state index < -0.39 is 10.1 Å². The number of benzene rings is 3. The monoisotopic (exact) mass is 583 g/mol. The largest absolute Gasteiger partial charge is 0.491 e. The van der Waals surface area contributed by atoms with Crippen LogP contribution in [0, 0.1) is 0 Å². The van der Waals surface area contributed by atoms with Gasteiger partial charge in [-0.15, -0.1) is 9.45 Å². The fraction of sp³-hybridized carbons (Fsp3) is 0.0952. The number of fused-ring (bicyclic) bond motifs is 1. The number of nitrogens with zero attached hydrogens (tertiary/aromatic N) is 5. The third-order valence-corrected chi connectivity index (χ3v) is 6.48.